The molecule has 12 heterocycles. The van der Waals surface area contributed by atoms with Crippen LogP contribution in [0.25, 0.3) is 66.3 Å². The average Bonchev–Trinajstić information content (AvgIpc) is 1.57. The van der Waals surface area contributed by atoms with E-state index >= 15 is 0 Å². The smallest absolute Gasteiger partial charge is 0.264 e. The van der Waals surface area contributed by atoms with Gasteiger partial charge in [-0.3, -0.25) is 52.1 Å². The van der Waals surface area contributed by atoms with Gasteiger partial charge in [0.1, 0.15) is 22.4 Å². The van der Waals surface area contributed by atoms with Crippen molar-refractivity contribution in [3.8, 4) is 52.6 Å². The van der Waals surface area contributed by atoms with E-state index in [9.17, 15) is 28.8 Å². The second-order valence-corrected chi connectivity index (χ2v) is 29.8. The Morgan fingerprint density at radius 2 is 0.807 bits per heavy atom. The summed E-state index contributed by atoms with van der Waals surface area (Å²) in [7, 11) is 1.83. The zero-order valence-electron chi connectivity index (χ0n) is 65.3. The number of amides is 3. The predicted molar refractivity (Wildman–Crippen MR) is 460 cm³/mol. The molecule has 6 aromatic carbocycles. The molecule has 12 aromatic heterocycles. The molecule has 119 heavy (non-hydrogen) atoms. The van der Waals surface area contributed by atoms with Crippen molar-refractivity contribution in [2.45, 2.75) is 66.6 Å². The highest BCUT2D eigenvalue weighted by atomic mass is 32.1. The van der Waals surface area contributed by atoms with E-state index in [0.29, 0.717) is 123 Å². The molecule has 0 aliphatic heterocycles. The third-order valence-electron chi connectivity index (χ3n) is 19.8. The lowest BCUT2D eigenvalue weighted by Crippen LogP contribution is -2.32. The van der Waals surface area contributed by atoms with E-state index in [1.165, 1.54) is 22.7 Å². The number of pyridine rings is 3. The SMILES string of the molecule is Cc1nc(C#Cc2cccc3cc([C@H](C)NC(=O)c4c(C)nn5cccnc45)n(-c4ccccc4)c(=O)c23)cs1.Cc1nn2cccnc2c1C(=O)N[C@@H](C)c1cc2cccc(C#Cc3cncs3)c2c(=O)n1-c1ccccc1.Cc1nn2cccnc2c1C(=O)N[C@@H](C)c1cc2cccc(C#Cc3cnn(C)c3)c2c(=O)n1-c1ccccc1. The van der Waals surface area contributed by atoms with E-state index in [2.05, 4.69) is 96.8 Å². The number of benzene rings is 6. The van der Waals surface area contributed by atoms with Crippen molar-refractivity contribution in [1.29, 1.82) is 0 Å². The largest absolute Gasteiger partial charge is 0.344 e. The number of nitrogens with one attached hydrogen (secondary N) is 3. The molecule has 0 fully saturated rings. The standard InChI is InChI=1S/C31H25N7O2.C31H24N6O2S.C30H22N6O2S/c1-20(34-30(39)27-21(2)35-37-16-8-15-32-29(27)37)26-17-24-10-7-9-23(14-13-22-18-33-36(3)19-22)28(24)31(40)38(26)25-11-5-4-6-12-25;1-19(33-30(38)27-20(2)35-36-16-8-15-32-29(27)36)26-17-23-10-7-9-22(13-14-24-18-40-21(3)34-24)28(23)31(39)37(26)25-11-5-4-6-12-25;1-19(33-29(37)26-20(2)34-35-15-7-14-32-28(26)35)25-16-22-9-6-8-21(12-13-24-17-31-18-39-24)27(22)30(38)36(25)23-10-4-3-5-11-23/h4-12,15-20H,1-3H3,(H,34,39);4-12,15-19H,1-3H3,(H,33,38);3-11,14-19H,1-2H3,(H,33,37)/t20-;2*19-/m000/s1. The molecule has 27 heteroatoms. The van der Waals surface area contributed by atoms with Crippen molar-refractivity contribution in [2.75, 3.05) is 0 Å². The van der Waals surface area contributed by atoms with Crippen LogP contribution in [0.1, 0.15) is 142 Å². The van der Waals surface area contributed by atoms with Gasteiger partial charge in [-0.15, -0.1) is 22.7 Å². The molecular formula is C92H71N19O6S2. The van der Waals surface area contributed by atoms with Gasteiger partial charge in [0.15, 0.2) is 16.9 Å². The van der Waals surface area contributed by atoms with Crippen molar-refractivity contribution in [3.63, 3.8) is 0 Å². The summed E-state index contributed by atoms with van der Waals surface area (Å²) in [6.45, 7) is 12.8. The van der Waals surface area contributed by atoms with Gasteiger partial charge < -0.3 is 16.0 Å². The molecule has 0 unspecified atom stereocenters. The van der Waals surface area contributed by atoms with E-state index in [1.807, 2.05) is 210 Å². The Hall–Kier alpha value is -15.6. The first-order valence-electron chi connectivity index (χ1n) is 37.7. The Morgan fingerprint density at radius 3 is 1.15 bits per heavy atom. The summed E-state index contributed by atoms with van der Waals surface area (Å²) in [6.07, 6.45) is 15.3. The quantitative estimate of drug-likeness (QED) is 0.0958. The first kappa shape index (κ1) is 77.3. The molecule has 0 saturated carbocycles. The highest BCUT2D eigenvalue weighted by molar-refractivity contribution is 7.10. The van der Waals surface area contributed by atoms with Crippen LogP contribution in [0.4, 0.5) is 0 Å². The molecule has 18 rings (SSSR count). The molecule has 0 bridgehead atoms. The number of rotatable bonds is 12. The molecule has 582 valence electrons. The third-order valence-corrected chi connectivity index (χ3v) is 21.2. The zero-order valence-corrected chi connectivity index (χ0v) is 67.0. The lowest BCUT2D eigenvalue weighted by molar-refractivity contribution is 0.0931. The molecule has 18 aromatic rings. The van der Waals surface area contributed by atoms with Gasteiger partial charge in [0.25, 0.3) is 34.4 Å². The minimum Gasteiger partial charge on any atom is -0.344 e. The number of nitrogens with zero attached hydrogens (tertiary/aromatic N) is 16. The lowest BCUT2D eigenvalue weighted by Gasteiger charge is -2.21. The second kappa shape index (κ2) is 33.4. The molecule has 25 nitrogen and oxygen atoms in total. The fraction of sp³-hybridized carbons (Fsp3) is 0.120. The van der Waals surface area contributed by atoms with Crippen LogP contribution < -0.4 is 32.6 Å². The van der Waals surface area contributed by atoms with Gasteiger partial charge >= 0.3 is 0 Å². The second-order valence-electron chi connectivity index (χ2n) is 27.8. The van der Waals surface area contributed by atoms with E-state index in [0.717, 1.165) is 31.6 Å². The monoisotopic (exact) mass is 1600 g/mol. The minimum atomic E-state index is -0.520. The van der Waals surface area contributed by atoms with Gasteiger partial charge in [-0.2, -0.15) is 20.4 Å². The Labute approximate surface area is 687 Å². The van der Waals surface area contributed by atoms with Gasteiger partial charge in [-0.1, -0.05) is 115 Å². The summed E-state index contributed by atoms with van der Waals surface area (Å²) in [5, 5.41) is 33.2. The number of aromatic nitrogens is 16. The Balaban J connectivity index is 0.000000133. The van der Waals surface area contributed by atoms with Crippen molar-refractivity contribution >= 4 is 89.7 Å². The first-order chi connectivity index (χ1) is 57.8. The van der Waals surface area contributed by atoms with Crippen molar-refractivity contribution in [3.05, 3.63) is 368 Å². The van der Waals surface area contributed by atoms with E-state index in [4.69, 9.17) is 0 Å². The zero-order chi connectivity index (χ0) is 82.5. The summed E-state index contributed by atoms with van der Waals surface area (Å²) in [4.78, 5) is 105. The maximum Gasteiger partial charge on any atom is 0.264 e. The highest BCUT2D eigenvalue weighted by Crippen LogP contribution is 2.30. The summed E-state index contributed by atoms with van der Waals surface area (Å²) in [5.74, 6) is 17.8. The van der Waals surface area contributed by atoms with Gasteiger partial charge in [-0.05, 0) is 167 Å². The molecule has 3 atom stereocenters. The van der Waals surface area contributed by atoms with E-state index in [-0.39, 0.29) is 34.4 Å². The number of carbonyl (C=O) groups excluding carboxylic acids is 3. The van der Waals surface area contributed by atoms with Gasteiger partial charge in [0.2, 0.25) is 0 Å². The molecule has 3 amide bonds. The van der Waals surface area contributed by atoms with Crippen molar-refractivity contribution in [1.82, 2.24) is 93.2 Å². The summed E-state index contributed by atoms with van der Waals surface area (Å²) in [6, 6.07) is 54.6. The Kier molecular flexibility index (Phi) is 21.7. The average molecular weight is 1600 g/mol. The summed E-state index contributed by atoms with van der Waals surface area (Å²) >= 11 is 2.98. The molecule has 0 aliphatic rings. The molecule has 0 saturated heterocycles. The van der Waals surface area contributed by atoms with Gasteiger partial charge in [-0.25, -0.2) is 33.5 Å². The Bertz CT molecular complexity index is 7120. The number of fused-ring (bicyclic) bond motifs is 6. The summed E-state index contributed by atoms with van der Waals surface area (Å²) < 4.78 is 11.4. The lowest BCUT2D eigenvalue weighted by atomic mass is 10.0. The third kappa shape index (κ3) is 15.8. The first-order valence-corrected chi connectivity index (χ1v) is 39.5. The number of hydrogen-bond acceptors (Lipinski definition) is 17. The minimum absolute atomic E-state index is 0.210. The van der Waals surface area contributed by atoms with Gasteiger partial charge in [0.05, 0.1) is 84.7 Å². The van der Waals surface area contributed by atoms with Crippen LogP contribution in [-0.2, 0) is 7.05 Å². The molecule has 0 aliphatic carbocycles. The highest BCUT2D eigenvalue weighted by Gasteiger charge is 2.28. The Morgan fingerprint density at radius 1 is 0.429 bits per heavy atom. The van der Waals surface area contributed by atoms with Crippen LogP contribution >= 0.6 is 22.7 Å². The van der Waals surface area contributed by atoms with Crippen LogP contribution in [0.2, 0.25) is 0 Å². The maximum absolute atomic E-state index is 14.2. The number of carbonyl (C=O) groups is 3. The molecular weight excluding hydrogens is 1530 g/mol. The topological polar surface area (TPSA) is 287 Å². The fourth-order valence-electron chi connectivity index (χ4n) is 14.3. The molecule has 0 radical (unpaired) electrons. The van der Waals surface area contributed by atoms with Gasteiger partial charge in [0, 0.05) is 107 Å². The summed E-state index contributed by atoms with van der Waals surface area (Å²) in [5.41, 5.74) is 12.7. The van der Waals surface area contributed by atoms with E-state index < -0.39 is 18.1 Å². The number of aryl methyl sites for hydroxylation is 5. The molecule has 0 spiro atoms. The van der Waals surface area contributed by atoms with Crippen LogP contribution in [0.3, 0.4) is 0 Å². The molecule has 3 N–H and O–H groups in total. The number of thiazole rings is 2. The van der Waals surface area contributed by atoms with Crippen LogP contribution in [0.5, 0.6) is 0 Å². The van der Waals surface area contributed by atoms with Crippen LogP contribution in [-0.4, -0.2) is 95.0 Å². The normalized spacial score (nSPS) is 11.8. The van der Waals surface area contributed by atoms with Crippen molar-refractivity contribution < 1.29 is 14.4 Å². The fourth-order valence-corrected chi connectivity index (χ4v) is 15.4. The van der Waals surface area contributed by atoms with E-state index in [1.54, 1.807) is 126 Å². The number of para-hydroxylation sites is 3. The van der Waals surface area contributed by atoms with Crippen LogP contribution in [0.15, 0.2) is 263 Å². The van der Waals surface area contributed by atoms with Crippen LogP contribution in [0, 0.1) is 63.2 Å². The number of hydrogen-bond donors (Lipinski definition) is 3. The van der Waals surface area contributed by atoms with Crippen molar-refractivity contribution in [2.24, 2.45) is 7.05 Å². The predicted octanol–water partition coefficient (Wildman–Crippen LogP) is 13.7. The maximum atomic E-state index is 14.2.